The molecule has 28 heteroatoms. The molecule has 0 radical (unpaired) electrons. The van der Waals surface area contributed by atoms with Gasteiger partial charge in [-0.1, -0.05) is 109 Å². The molecule has 0 saturated heterocycles. The number of benzene rings is 2. The number of aliphatic hydroxyl groups is 1. The van der Waals surface area contributed by atoms with E-state index in [2.05, 4.69) is 47.9 Å². The Labute approximate surface area is 508 Å². The molecule has 0 saturated carbocycles. The fourth-order valence-corrected chi connectivity index (χ4v) is 8.87. The Kier molecular flexibility index (Phi) is 34.1. The summed E-state index contributed by atoms with van der Waals surface area (Å²) in [5, 5.41) is 44.4. The number of hydrogen-bond acceptors (Lipinski definition) is 16. The number of nitrogens with two attached hydrogens (primary N) is 4. The maximum atomic E-state index is 14.4. The fourth-order valence-electron chi connectivity index (χ4n) is 8.87. The van der Waals surface area contributed by atoms with Gasteiger partial charge in [0.15, 0.2) is 0 Å². The lowest BCUT2D eigenvalue weighted by molar-refractivity contribution is -0.143. The van der Waals surface area contributed by atoms with Crippen LogP contribution in [0.1, 0.15) is 117 Å². The number of carbonyl (C=O) groups is 12. The Morgan fingerprint density at radius 3 is 1.45 bits per heavy atom. The molecule has 2 rings (SSSR count). The molecule has 0 heterocycles. The molecule has 11 unspecified atom stereocenters. The lowest BCUT2D eigenvalue weighted by atomic mass is 9.95. The van der Waals surface area contributed by atoms with Crippen molar-refractivity contribution in [3.63, 3.8) is 0 Å². The highest BCUT2D eigenvalue weighted by molar-refractivity contribution is 5.99. The zero-order valence-corrected chi connectivity index (χ0v) is 51.0. The molecule has 484 valence electrons. The van der Waals surface area contributed by atoms with E-state index in [-0.39, 0.29) is 44.6 Å². The van der Waals surface area contributed by atoms with Crippen molar-refractivity contribution in [3.8, 4) is 0 Å². The Hall–Kier alpha value is -8.08. The number of hydrogen-bond donors (Lipinski definition) is 16. The van der Waals surface area contributed by atoms with Gasteiger partial charge in [0.1, 0.15) is 54.4 Å². The van der Waals surface area contributed by atoms with E-state index in [1.54, 1.807) is 71.9 Å². The first-order chi connectivity index (χ1) is 41.1. The van der Waals surface area contributed by atoms with Crippen LogP contribution in [0.25, 0.3) is 0 Å². The maximum absolute atomic E-state index is 14.4. The lowest BCUT2D eigenvalue weighted by Crippen LogP contribution is -2.62. The molecular formula is C59H94N14O14. The third-order valence-electron chi connectivity index (χ3n) is 14.1. The molecule has 0 aliphatic carbocycles. The second kappa shape index (κ2) is 39.6. The van der Waals surface area contributed by atoms with Gasteiger partial charge in [0, 0.05) is 6.42 Å². The zero-order chi connectivity index (χ0) is 65.3. The van der Waals surface area contributed by atoms with E-state index in [4.69, 9.17) is 22.9 Å². The first-order valence-electron chi connectivity index (χ1n) is 29.5. The third kappa shape index (κ3) is 27.9. The van der Waals surface area contributed by atoms with Crippen molar-refractivity contribution >= 4 is 70.9 Å². The Morgan fingerprint density at radius 1 is 0.494 bits per heavy atom. The summed E-state index contributed by atoms with van der Waals surface area (Å²) in [5.41, 5.74) is 24.4. The number of primary amides is 1. The van der Waals surface area contributed by atoms with Crippen LogP contribution >= 0.6 is 0 Å². The average Bonchev–Trinajstić information content (AvgIpc) is 3.02. The molecule has 87 heavy (non-hydrogen) atoms. The highest BCUT2D eigenvalue weighted by atomic mass is 16.4. The van der Waals surface area contributed by atoms with E-state index in [0.717, 1.165) is 5.56 Å². The van der Waals surface area contributed by atoms with Gasteiger partial charge in [0.05, 0.1) is 25.6 Å². The molecule has 2 aromatic rings. The van der Waals surface area contributed by atoms with Gasteiger partial charge in [-0.15, -0.1) is 0 Å². The number of carboxylic acids is 1. The van der Waals surface area contributed by atoms with E-state index < -0.39 is 163 Å². The average molecular weight is 1220 g/mol. The maximum Gasteiger partial charge on any atom is 0.328 e. The number of rotatable bonds is 41. The first kappa shape index (κ1) is 75.0. The number of nitrogens with one attached hydrogen (secondary N) is 10. The van der Waals surface area contributed by atoms with Gasteiger partial charge in [0.25, 0.3) is 0 Å². The van der Waals surface area contributed by atoms with Crippen LogP contribution in [-0.2, 0) is 70.4 Å². The van der Waals surface area contributed by atoms with Gasteiger partial charge in [-0.05, 0) is 100 Å². The van der Waals surface area contributed by atoms with E-state index in [1.807, 2.05) is 35.6 Å². The summed E-state index contributed by atoms with van der Waals surface area (Å²) >= 11 is 0. The van der Waals surface area contributed by atoms with Gasteiger partial charge in [-0.2, -0.15) is 0 Å². The molecule has 0 aliphatic heterocycles. The second-order valence-corrected chi connectivity index (χ2v) is 22.4. The highest BCUT2D eigenvalue weighted by Crippen LogP contribution is 2.15. The monoisotopic (exact) mass is 1220 g/mol. The molecule has 28 nitrogen and oxygen atoms in total. The summed E-state index contributed by atoms with van der Waals surface area (Å²) in [5.74, 6) is -12.2. The zero-order valence-electron chi connectivity index (χ0n) is 51.0. The third-order valence-corrected chi connectivity index (χ3v) is 14.1. The minimum absolute atomic E-state index is 0.0155. The minimum Gasteiger partial charge on any atom is -0.480 e. The molecule has 0 spiro atoms. The van der Waals surface area contributed by atoms with Crippen molar-refractivity contribution in [2.75, 3.05) is 26.2 Å². The molecule has 20 N–H and O–H groups in total. The second-order valence-electron chi connectivity index (χ2n) is 22.4. The minimum atomic E-state index is -1.78. The van der Waals surface area contributed by atoms with Crippen molar-refractivity contribution in [1.82, 2.24) is 53.2 Å². The summed E-state index contributed by atoms with van der Waals surface area (Å²) in [6.07, 6.45) is 1.56. The summed E-state index contributed by atoms with van der Waals surface area (Å²) in [6, 6.07) is 4.17. The molecular weight excluding hydrogens is 1130 g/mol. The van der Waals surface area contributed by atoms with E-state index >= 15 is 0 Å². The number of unbranched alkanes of at least 4 members (excludes halogenated alkanes) is 2. The highest BCUT2D eigenvalue weighted by Gasteiger charge is 2.37. The molecule has 2 aromatic carbocycles. The summed E-state index contributed by atoms with van der Waals surface area (Å²) < 4.78 is 0. The van der Waals surface area contributed by atoms with Crippen molar-refractivity contribution in [1.29, 1.82) is 0 Å². The molecule has 11 atom stereocenters. The fraction of sp³-hybridized carbons (Fsp3) is 0.593. The quantitative estimate of drug-likeness (QED) is 0.0300. The molecule has 0 aromatic heterocycles. The smallest absolute Gasteiger partial charge is 0.328 e. The Balaban J connectivity index is 2.36. The normalized spacial score (nSPS) is 15.0. The first-order valence-corrected chi connectivity index (χ1v) is 29.5. The van der Waals surface area contributed by atoms with Gasteiger partial charge >= 0.3 is 5.97 Å². The van der Waals surface area contributed by atoms with Crippen LogP contribution in [0.5, 0.6) is 0 Å². The standard InChI is InChI=1S/C59H94N14O14/c1-8-35(6)49(58(85)70-42(27-33(2)3)54(81)69-44(30-46(63)75)55(82)71-45(32-74)59(86)87)73-53(80)41(24-16-18-26-61)67-57(84)48(34(4)5)72-56(83)43(29-38-21-13-10-14-22-38)68-50(77)36(7)65-52(79)40(23-15-17-25-60)66-47(76)31-64-51(78)39(62)28-37-19-11-9-12-20-37/h9-14,19-22,33-36,39-45,48-49,74H,8,15-18,23-32,60-62H2,1-7H3,(H2,63,75)(H,64,78)(H,65,79)(H,66,76)(H,67,84)(H,68,77)(H,69,81)(H,70,85)(H,71,82)(H,72,83)(H,73,80)(H,86,87). The summed E-state index contributed by atoms with van der Waals surface area (Å²) in [4.78, 5) is 161. The number of carboxylic acid groups (broad SMARTS) is 1. The van der Waals surface area contributed by atoms with Crippen molar-refractivity contribution in [2.24, 2.45) is 40.7 Å². The van der Waals surface area contributed by atoms with Crippen LogP contribution in [0, 0.1) is 17.8 Å². The predicted molar refractivity (Wildman–Crippen MR) is 322 cm³/mol. The van der Waals surface area contributed by atoms with Crippen LogP contribution in [-0.4, -0.2) is 168 Å². The van der Waals surface area contributed by atoms with Crippen LogP contribution in [0.3, 0.4) is 0 Å². The molecule has 0 aliphatic rings. The molecule has 11 amide bonds. The SMILES string of the molecule is CCC(C)C(NC(=O)C(CCCCN)NC(=O)C(NC(=O)C(Cc1ccccc1)NC(=O)C(C)NC(=O)C(CCCCN)NC(=O)CNC(=O)C(N)Cc1ccccc1)C(C)C)C(=O)NC(CC(C)C)C(=O)NC(CC(N)=O)C(=O)NC(CO)C(=O)O. The van der Waals surface area contributed by atoms with Gasteiger partial charge < -0.3 is 86.3 Å². The van der Waals surface area contributed by atoms with Crippen molar-refractivity contribution in [2.45, 2.75) is 180 Å². The Bertz CT molecular complexity index is 2580. The van der Waals surface area contributed by atoms with Gasteiger partial charge in [-0.3, -0.25) is 52.7 Å². The van der Waals surface area contributed by atoms with Crippen LogP contribution in [0.2, 0.25) is 0 Å². The predicted octanol–water partition coefficient (Wildman–Crippen LogP) is -2.74. The number of aliphatic carboxylic acids is 1. The summed E-state index contributed by atoms with van der Waals surface area (Å²) in [6.45, 7) is 10.6. The number of carbonyl (C=O) groups excluding carboxylic acids is 11. The van der Waals surface area contributed by atoms with E-state index in [1.165, 1.54) is 6.92 Å². The van der Waals surface area contributed by atoms with Crippen LogP contribution < -0.4 is 76.1 Å². The van der Waals surface area contributed by atoms with Crippen LogP contribution in [0.4, 0.5) is 0 Å². The van der Waals surface area contributed by atoms with E-state index in [0.29, 0.717) is 44.2 Å². The molecule has 0 bridgehead atoms. The van der Waals surface area contributed by atoms with E-state index in [9.17, 15) is 67.7 Å². The van der Waals surface area contributed by atoms with Gasteiger partial charge in [0.2, 0.25) is 65.0 Å². The van der Waals surface area contributed by atoms with Crippen LogP contribution in [0.15, 0.2) is 60.7 Å². The summed E-state index contributed by atoms with van der Waals surface area (Å²) in [7, 11) is 0. The molecule has 0 fully saturated rings. The Morgan fingerprint density at radius 2 is 0.943 bits per heavy atom. The van der Waals surface area contributed by atoms with Gasteiger partial charge in [-0.25, -0.2) is 4.79 Å². The van der Waals surface area contributed by atoms with Crippen molar-refractivity contribution < 1.29 is 67.7 Å². The number of amides is 11. The lowest BCUT2D eigenvalue weighted by Gasteiger charge is -2.30. The van der Waals surface area contributed by atoms with Crippen molar-refractivity contribution in [3.05, 3.63) is 71.8 Å². The number of aliphatic hydroxyl groups excluding tert-OH is 1. The largest absolute Gasteiger partial charge is 0.480 e. The topological polar surface area (TPSA) is 470 Å².